The number of carbonyl (C=O) groups is 1. The lowest BCUT2D eigenvalue weighted by Crippen LogP contribution is -2.55. The molecule has 0 N–H and O–H groups in total. The van der Waals surface area contributed by atoms with Gasteiger partial charge in [0.15, 0.2) is 0 Å². The van der Waals surface area contributed by atoms with Crippen molar-refractivity contribution in [3.63, 3.8) is 0 Å². The van der Waals surface area contributed by atoms with Crippen molar-refractivity contribution in [2.75, 3.05) is 20.8 Å². The second-order valence-electron chi connectivity index (χ2n) is 9.46. The fourth-order valence-corrected chi connectivity index (χ4v) is 5.14. The predicted molar refractivity (Wildman–Crippen MR) is 121 cm³/mol. The molecule has 1 saturated carbocycles. The summed E-state index contributed by atoms with van der Waals surface area (Å²) in [6.07, 6.45) is 7.37. The van der Waals surface area contributed by atoms with E-state index in [1.807, 2.05) is 24.3 Å². The van der Waals surface area contributed by atoms with Gasteiger partial charge in [0.25, 0.3) is 0 Å². The van der Waals surface area contributed by atoms with Crippen LogP contribution in [0.4, 0.5) is 0 Å². The number of rotatable bonds is 8. The topological polar surface area (TPSA) is 69.8 Å². The van der Waals surface area contributed by atoms with Gasteiger partial charge >= 0.3 is 5.97 Å². The van der Waals surface area contributed by atoms with Crippen LogP contribution in [-0.4, -0.2) is 56.3 Å². The van der Waals surface area contributed by atoms with E-state index < -0.39 is 0 Å². The summed E-state index contributed by atoms with van der Waals surface area (Å²) in [6.45, 7) is 7.05. The van der Waals surface area contributed by atoms with Crippen LogP contribution in [0, 0.1) is 5.92 Å². The monoisotopic (exact) mass is 442 g/mol. The Morgan fingerprint density at radius 3 is 2.53 bits per heavy atom. The molecule has 2 unspecified atom stereocenters. The molecule has 6 atom stereocenters. The molecular weight excluding hydrogens is 408 g/mol. The molecule has 0 amide bonds. The highest BCUT2D eigenvalue weighted by Crippen LogP contribution is 2.59. The first-order chi connectivity index (χ1) is 15.3. The van der Waals surface area contributed by atoms with Crippen molar-refractivity contribution in [3.8, 4) is 5.75 Å². The summed E-state index contributed by atoms with van der Waals surface area (Å²) >= 11 is 0. The number of carbonyl (C=O) groups excluding carboxylic acids is 1. The zero-order valence-corrected chi connectivity index (χ0v) is 19.6. The molecule has 6 heteroatoms. The molecule has 2 heterocycles. The third kappa shape index (κ3) is 4.63. The van der Waals surface area contributed by atoms with E-state index in [2.05, 4.69) is 26.8 Å². The summed E-state index contributed by atoms with van der Waals surface area (Å²) in [5.74, 6) is 0.422. The third-order valence-electron chi connectivity index (χ3n) is 7.03. The van der Waals surface area contributed by atoms with Gasteiger partial charge in [-0.3, -0.25) is 0 Å². The van der Waals surface area contributed by atoms with Crippen molar-refractivity contribution >= 4 is 12.0 Å². The van der Waals surface area contributed by atoms with Crippen molar-refractivity contribution in [1.82, 2.24) is 0 Å². The predicted octanol–water partition coefficient (Wildman–Crippen LogP) is 4.33. The molecular formula is C26H34O6. The molecule has 2 saturated heterocycles. The number of epoxide rings is 2. The highest BCUT2D eigenvalue weighted by atomic mass is 16.6. The standard InChI is InChI=1S/C26H34O6/c1-17(2)6-12-21-25(3,32-21)24-23(29-5)20(14-15-26(24)16-30-26)31-22(27)13-9-18-7-10-19(28-4)11-8-18/h6-11,13,20-21,23-24H,12,14-16H2,1-5H3/b13-9+/t20-,21?,23-,24-,25?,26+/m1/s1. The summed E-state index contributed by atoms with van der Waals surface area (Å²) in [7, 11) is 3.31. The molecule has 0 radical (unpaired) electrons. The number of hydrogen-bond donors (Lipinski definition) is 0. The zero-order chi connectivity index (χ0) is 22.9. The Morgan fingerprint density at radius 2 is 1.94 bits per heavy atom. The second kappa shape index (κ2) is 9.00. The first-order valence-electron chi connectivity index (χ1n) is 11.3. The van der Waals surface area contributed by atoms with Crippen LogP contribution in [0.1, 0.15) is 45.6 Å². The van der Waals surface area contributed by atoms with Gasteiger partial charge in [-0.15, -0.1) is 0 Å². The third-order valence-corrected chi connectivity index (χ3v) is 7.03. The Kier molecular flexibility index (Phi) is 6.48. The maximum atomic E-state index is 12.6. The van der Waals surface area contributed by atoms with Crippen molar-refractivity contribution in [2.24, 2.45) is 5.92 Å². The van der Waals surface area contributed by atoms with Crippen LogP contribution in [0.15, 0.2) is 42.0 Å². The van der Waals surface area contributed by atoms with Crippen LogP contribution >= 0.6 is 0 Å². The number of methoxy groups -OCH3 is 2. The molecule has 1 aliphatic carbocycles. The lowest BCUT2D eigenvalue weighted by molar-refractivity contribution is -0.166. The number of allylic oxidation sites excluding steroid dienone is 1. The van der Waals surface area contributed by atoms with Crippen LogP contribution in [0.25, 0.3) is 6.08 Å². The van der Waals surface area contributed by atoms with Gasteiger partial charge in [0, 0.05) is 13.2 Å². The SMILES string of the molecule is COc1ccc(/C=C/C(=O)O[C@@H]2CC[C@]3(CO3)[C@@H](C3(C)OC3CC=C(C)C)[C@@H]2OC)cc1. The summed E-state index contributed by atoms with van der Waals surface area (Å²) in [4.78, 5) is 12.6. The van der Waals surface area contributed by atoms with E-state index >= 15 is 0 Å². The van der Waals surface area contributed by atoms with Crippen molar-refractivity contribution in [3.05, 3.63) is 47.6 Å². The van der Waals surface area contributed by atoms with E-state index in [1.54, 1.807) is 20.3 Å². The van der Waals surface area contributed by atoms with E-state index in [4.69, 9.17) is 23.7 Å². The molecule has 6 nitrogen and oxygen atoms in total. The van der Waals surface area contributed by atoms with E-state index in [1.165, 1.54) is 11.6 Å². The Morgan fingerprint density at radius 1 is 1.22 bits per heavy atom. The molecule has 0 bridgehead atoms. The Balaban J connectivity index is 1.43. The van der Waals surface area contributed by atoms with Crippen LogP contribution in [0.5, 0.6) is 5.75 Å². The minimum atomic E-state index is -0.373. The fourth-order valence-electron chi connectivity index (χ4n) is 5.14. The summed E-state index contributed by atoms with van der Waals surface area (Å²) in [5, 5.41) is 0. The zero-order valence-electron chi connectivity index (χ0n) is 19.6. The van der Waals surface area contributed by atoms with Crippen LogP contribution < -0.4 is 4.74 Å². The number of esters is 1. The fraction of sp³-hybridized carbons (Fsp3) is 0.577. The average molecular weight is 443 g/mol. The highest BCUT2D eigenvalue weighted by Gasteiger charge is 2.72. The molecule has 3 aliphatic rings. The summed E-state index contributed by atoms with van der Waals surface area (Å²) in [5.41, 5.74) is 1.62. The van der Waals surface area contributed by atoms with Crippen molar-refractivity contribution in [1.29, 1.82) is 0 Å². The van der Waals surface area contributed by atoms with Crippen LogP contribution in [0.3, 0.4) is 0 Å². The molecule has 3 fully saturated rings. The quantitative estimate of drug-likeness (QED) is 0.258. The average Bonchev–Trinajstić information content (AvgIpc) is 3.69. The Labute approximate surface area is 190 Å². The van der Waals surface area contributed by atoms with Gasteiger partial charge in [0.1, 0.15) is 29.2 Å². The van der Waals surface area contributed by atoms with E-state index in [0.717, 1.165) is 24.2 Å². The largest absolute Gasteiger partial charge is 0.497 e. The van der Waals surface area contributed by atoms with Crippen LogP contribution in [-0.2, 0) is 23.7 Å². The maximum absolute atomic E-state index is 12.6. The van der Waals surface area contributed by atoms with E-state index in [9.17, 15) is 4.79 Å². The molecule has 0 aromatic heterocycles. The smallest absolute Gasteiger partial charge is 0.331 e. The Hall–Kier alpha value is -2.15. The minimum absolute atomic E-state index is 0.0210. The molecule has 1 aromatic carbocycles. The Bertz CT molecular complexity index is 880. The van der Waals surface area contributed by atoms with Crippen LogP contribution in [0.2, 0.25) is 0 Å². The highest BCUT2D eigenvalue weighted by molar-refractivity contribution is 5.87. The summed E-state index contributed by atoms with van der Waals surface area (Å²) < 4.78 is 29.1. The molecule has 1 aromatic rings. The lowest BCUT2D eigenvalue weighted by atomic mass is 9.68. The normalized spacial score (nSPS) is 35.5. The number of benzene rings is 1. The second-order valence-corrected chi connectivity index (χ2v) is 9.46. The first kappa shape index (κ1) is 23.0. The van der Waals surface area contributed by atoms with Gasteiger partial charge in [-0.25, -0.2) is 4.79 Å². The maximum Gasteiger partial charge on any atom is 0.331 e. The number of hydrogen-bond acceptors (Lipinski definition) is 6. The lowest BCUT2D eigenvalue weighted by Gasteiger charge is -2.42. The van der Waals surface area contributed by atoms with Crippen molar-refractivity contribution < 1.29 is 28.5 Å². The molecule has 2 aliphatic heterocycles. The van der Waals surface area contributed by atoms with Gasteiger partial charge in [0.2, 0.25) is 0 Å². The van der Waals surface area contributed by atoms with Gasteiger partial charge in [0.05, 0.1) is 25.7 Å². The minimum Gasteiger partial charge on any atom is -0.497 e. The van der Waals surface area contributed by atoms with Crippen molar-refractivity contribution in [2.45, 2.75) is 69.5 Å². The molecule has 174 valence electrons. The molecule has 32 heavy (non-hydrogen) atoms. The van der Waals surface area contributed by atoms with Gasteiger partial charge in [-0.05, 0) is 63.8 Å². The molecule has 4 rings (SSSR count). The number of ether oxygens (including phenoxy) is 5. The van der Waals surface area contributed by atoms with Gasteiger partial charge < -0.3 is 23.7 Å². The summed E-state index contributed by atoms with van der Waals surface area (Å²) in [6, 6.07) is 7.50. The van der Waals surface area contributed by atoms with Gasteiger partial charge in [-0.1, -0.05) is 23.8 Å². The van der Waals surface area contributed by atoms with Gasteiger partial charge in [-0.2, -0.15) is 0 Å². The van der Waals surface area contributed by atoms with E-state index in [0.29, 0.717) is 13.0 Å². The first-order valence-corrected chi connectivity index (χ1v) is 11.3. The molecule has 1 spiro atoms. The van der Waals surface area contributed by atoms with E-state index in [-0.39, 0.29) is 41.4 Å².